The molecule has 0 saturated carbocycles. The average molecular weight is 294 g/mol. The van der Waals surface area contributed by atoms with Crippen LogP contribution in [0.1, 0.15) is 6.92 Å². The number of amides is 2. The molecule has 2 atom stereocenters. The zero-order chi connectivity index (χ0) is 14.6. The first-order chi connectivity index (χ1) is 8.69. The molecular weight excluding hydrogens is 276 g/mol. The maximum absolute atomic E-state index is 11.8. The molecule has 19 heavy (non-hydrogen) atoms. The van der Waals surface area contributed by atoms with Crippen LogP contribution in [-0.2, 0) is 19.4 Å². The molecule has 9 heteroatoms. The van der Waals surface area contributed by atoms with Crippen LogP contribution < -0.4 is 5.32 Å². The Kier molecular flexibility index (Phi) is 5.12. The molecule has 1 heterocycles. The van der Waals surface area contributed by atoms with Crippen LogP contribution >= 0.6 is 0 Å². The molecule has 1 saturated heterocycles. The number of nitrogens with one attached hydrogen (secondary N) is 1. The third-order valence-corrected chi connectivity index (χ3v) is 3.66. The summed E-state index contributed by atoms with van der Waals surface area (Å²) in [6, 6.07) is -1.01. The fourth-order valence-electron chi connectivity index (χ4n) is 1.78. The number of carboxylic acid groups (broad SMARTS) is 1. The first-order valence-corrected chi connectivity index (χ1v) is 7.82. The van der Waals surface area contributed by atoms with Gasteiger partial charge in [-0.15, -0.1) is 0 Å². The average Bonchev–Trinajstić information content (AvgIpc) is 2.26. The van der Waals surface area contributed by atoms with E-state index in [4.69, 9.17) is 9.84 Å². The van der Waals surface area contributed by atoms with Gasteiger partial charge in [0.25, 0.3) is 0 Å². The number of morpholine rings is 1. The van der Waals surface area contributed by atoms with Crippen LogP contribution in [0.15, 0.2) is 0 Å². The Morgan fingerprint density at radius 1 is 1.53 bits per heavy atom. The molecule has 0 bridgehead atoms. The summed E-state index contributed by atoms with van der Waals surface area (Å²) in [7, 11) is -3.18. The molecule has 0 aromatic rings. The number of carbonyl (C=O) groups is 2. The minimum atomic E-state index is -3.18. The van der Waals surface area contributed by atoms with Crippen molar-refractivity contribution in [3.63, 3.8) is 0 Å². The molecule has 1 fully saturated rings. The molecular formula is C10H18N2O6S. The maximum atomic E-state index is 11.8. The van der Waals surface area contributed by atoms with E-state index in [-0.39, 0.29) is 25.4 Å². The second kappa shape index (κ2) is 6.20. The van der Waals surface area contributed by atoms with Gasteiger partial charge in [0.15, 0.2) is 6.10 Å². The van der Waals surface area contributed by atoms with E-state index in [0.717, 1.165) is 6.26 Å². The van der Waals surface area contributed by atoms with E-state index >= 15 is 0 Å². The fraction of sp³-hybridized carbons (Fsp3) is 0.800. The van der Waals surface area contributed by atoms with E-state index in [1.165, 1.54) is 4.90 Å². The van der Waals surface area contributed by atoms with E-state index in [2.05, 4.69) is 5.32 Å². The van der Waals surface area contributed by atoms with Crippen LogP contribution in [-0.4, -0.2) is 74.3 Å². The predicted molar refractivity (Wildman–Crippen MR) is 66.7 cm³/mol. The first-order valence-electron chi connectivity index (χ1n) is 5.76. The molecule has 2 unspecified atom stereocenters. The number of carboxylic acids is 1. The van der Waals surface area contributed by atoms with Gasteiger partial charge in [-0.1, -0.05) is 0 Å². The zero-order valence-corrected chi connectivity index (χ0v) is 11.6. The number of aliphatic carboxylic acids is 1. The quantitative estimate of drug-likeness (QED) is 0.681. The monoisotopic (exact) mass is 294 g/mol. The van der Waals surface area contributed by atoms with E-state index in [1.807, 2.05) is 0 Å². The van der Waals surface area contributed by atoms with Crippen LogP contribution in [0, 0.1) is 0 Å². The molecule has 0 aromatic carbocycles. The molecule has 0 aliphatic carbocycles. The summed E-state index contributed by atoms with van der Waals surface area (Å²) in [5, 5.41) is 11.3. The number of hydrogen-bond donors (Lipinski definition) is 2. The van der Waals surface area contributed by atoms with Crippen LogP contribution in [0.3, 0.4) is 0 Å². The smallest absolute Gasteiger partial charge is 0.334 e. The highest BCUT2D eigenvalue weighted by atomic mass is 32.2. The standard InChI is InChI=1S/C10H18N2O6S/c1-7(6-19(2,16)17)11-10(15)12-3-4-18-8(5-12)9(13)14/h7-8H,3-6H2,1-2H3,(H,11,15)(H,13,14). The van der Waals surface area contributed by atoms with Crippen molar-refractivity contribution in [2.45, 2.75) is 19.1 Å². The highest BCUT2D eigenvalue weighted by Gasteiger charge is 2.29. The fourth-order valence-corrected chi connectivity index (χ4v) is 2.77. The van der Waals surface area contributed by atoms with Crippen molar-refractivity contribution in [1.29, 1.82) is 0 Å². The van der Waals surface area contributed by atoms with Gasteiger partial charge in [0.2, 0.25) is 0 Å². The highest BCUT2D eigenvalue weighted by molar-refractivity contribution is 7.90. The number of nitrogens with zero attached hydrogens (tertiary/aromatic N) is 1. The lowest BCUT2D eigenvalue weighted by molar-refractivity contribution is -0.154. The second-order valence-corrected chi connectivity index (χ2v) is 6.77. The molecule has 1 aliphatic heterocycles. The zero-order valence-electron chi connectivity index (χ0n) is 10.8. The number of urea groups is 1. The van der Waals surface area contributed by atoms with Gasteiger partial charge in [0, 0.05) is 18.8 Å². The lowest BCUT2D eigenvalue weighted by Gasteiger charge is -2.31. The van der Waals surface area contributed by atoms with Crippen molar-refractivity contribution in [2.75, 3.05) is 31.7 Å². The van der Waals surface area contributed by atoms with E-state index in [1.54, 1.807) is 6.92 Å². The molecule has 110 valence electrons. The van der Waals surface area contributed by atoms with Crippen molar-refractivity contribution >= 4 is 21.8 Å². The van der Waals surface area contributed by atoms with Crippen LogP contribution in [0.25, 0.3) is 0 Å². The minimum absolute atomic E-state index is 0.0488. The predicted octanol–water partition coefficient (Wildman–Crippen LogP) is -1.09. The summed E-state index contributed by atoms with van der Waals surface area (Å²) < 4.78 is 27.1. The Morgan fingerprint density at radius 2 is 2.16 bits per heavy atom. The Morgan fingerprint density at radius 3 is 2.68 bits per heavy atom. The van der Waals surface area contributed by atoms with Gasteiger partial charge >= 0.3 is 12.0 Å². The largest absolute Gasteiger partial charge is 0.479 e. The van der Waals surface area contributed by atoms with Gasteiger partial charge in [-0.05, 0) is 6.92 Å². The summed E-state index contributed by atoms with van der Waals surface area (Å²) in [6.07, 6.45) is 0.0508. The van der Waals surface area contributed by atoms with E-state index in [9.17, 15) is 18.0 Å². The molecule has 8 nitrogen and oxygen atoms in total. The maximum Gasteiger partial charge on any atom is 0.334 e. The van der Waals surface area contributed by atoms with Crippen molar-refractivity contribution in [3.8, 4) is 0 Å². The summed E-state index contributed by atoms with van der Waals surface area (Å²) in [5.74, 6) is -1.28. The molecule has 0 radical (unpaired) electrons. The van der Waals surface area contributed by atoms with Gasteiger partial charge in [0.1, 0.15) is 9.84 Å². The van der Waals surface area contributed by atoms with E-state index < -0.39 is 34.0 Å². The van der Waals surface area contributed by atoms with Crippen LogP contribution in [0.5, 0.6) is 0 Å². The van der Waals surface area contributed by atoms with Crippen molar-refractivity contribution in [3.05, 3.63) is 0 Å². The van der Waals surface area contributed by atoms with Crippen molar-refractivity contribution in [2.24, 2.45) is 0 Å². The molecule has 1 aliphatic rings. The first kappa shape index (κ1) is 15.7. The van der Waals surface area contributed by atoms with Crippen molar-refractivity contribution < 1.29 is 27.9 Å². The molecule has 0 spiro atoms. The Hall–Kier alpha value is -1.35. The highest BCUT2D eigenvalue weighted by Crippen LogP contribution is 2.06. The topological polar surface area (TPSA) is 113 Å². The summed E-state index contributed by atoms with van der Waals surface area (Å²) >= 11 is 0. The van der Waals surface area contributed by atoms with Gasteiger partial charge in [-0.25, -0.2) is 18.0 Å². The number of carbonyl (C=O) groups excluding carboxylic acids is 1. The number of rotatable bonds is 4. The summed E-state index contributed by atoms with van der Waals surface area (Å²) in [6.45, 7) is 1.95. The third-order valence-electron chi connectivity index (χ3n) is 2.55. The van der Waals surface area contributed by atoms with Crippen molar-refractivity contribution in [1.82, 2.24) is 10.2 Å². The number of sulfone groups is 1. The number of ether oxygens (including phenoxy) is 1. The number of hydrogen-bond acceptors (Lipinski definition) is 5. The molecule has 0 aromatic heterocycles. The minimum Gasteiger partial charge on any atom is -0.479 e. The Bertz CT molecular complexity index is 449. The Labute approximate surface area is 111 Å². The lowest BCUT2D eigenvalue weighted by Crippen LogP contribution is -2.53. The second-order valence-electron chi connectivity index (χ2n) is 4.59. The lowest BCUT2D eigenvalue weighted by atomic mass is 10.3. The molecule has 1 rings (SSSR count). The van der Waals surface area contributed by atoms with Gasteiger partial charge in [-0.3, -0.25) is 0 Å². The van der Waals surface area contributed by atoms with E-state index in [0.29, 0.717) is 0 Å². The normalized spacial score (nSPS) is 21.8. The van der Waals surface area contributed by atoms with Gasteiger partial charge in [0.05, 0.1) is 18.9 Å². The van der Waals surface area contributed by atoms with Gasteiger partial charge in [-0.2, -0.15) is 0 Å². The SMILES string of the molecule is CC(CS(C)(=O)=O)NC(=O)N1CCOC(C(=O)O)C1. The Balaban J connectivity index is 2.51. The van der Waals surface area contributed by atoms with Gasteiger partial charge < -0.3 is 20.1 Å². The summed E-state index contributed by atoms with van der Waals surface area (Å²) in [4.78, 5) is 23.9. The molecule has 2 amide bonds. The summed E-state index contributed by atoms with van der Waals surface area (Å²) in [5.41, 5.74) is 0. The third kappa shape index (κ3) is 5.43. The van der Waals surface area contributed by atoms with Crippen LogP contribution in [0.2, 0.25) is 0 Å². The van der Waals surface area contributed by atoms with Crippen LogP contribution in [0.4, 0.5) is 4.79 Å². The molecule has 2 N–H and O–H groups in total.